The molecule has 0 aliphatic carbocycles. The molecule has 1 aromatic rings. The van der Waals surface area contributed by atoms with Gasteiger partial charge in [0.1, 0.15) is 5.60 Å². The number of anilines is 2. The van der Waals surface area contributed by atoms with Crippen LogP contribution in [0.15, 0.2) is 24.3 Å². The van der Waals surface area contributed by atoms with Gasteiger partial charge in [0.15, 0.2) is 0 Å². The maximum absolute atomic E-state index is 12.3. The Morgan fingerprint density at radius 2 is 1.80 bits per heavy atom. The molecule has 1 aliphatic rings. The molecule has 0 N–H and O–H groups in total. The van der Waals surface area contributed by atoms with Crippen LogP contribution in [0.4, 0.5) is 16.2 Å². The van der Waals surface area contributed by atoms with Crippen LogP contribution in [0, 0.1) is 0 Å². The summed E-state index contributed by atoms with van der Waals surface area (Å²) in [5, 5.41) is 0. The van der Waals surface area contributed by atoms with E-state index in [0.717, 1.165) is 5.69 Å². The van der Waals surface area contributed by atoms with Crippen LogP contribution >= 0.6 is 0 Å². The number of benzene rings is 1. The largest absolute Gasteiger partial charge is 0.443 e. The van der Waals surface area contributed by atoms with Gasteiger partial charge in [-0.2, -0.15) is 0 Å². The second-order valence-electron chi connectivity index (χ2n) is 5.82. The average Bonchev–Trinajstić information content (AvgIpc) is 2.47. The second kappa shape index (κ2) is 5.15. The first-order valence-corrected chi connectivity index (χ1v) is 6.66. The fraction of sp³-hybridized carbons (Fsp3) is 0.467. The minimum Gasteiger partial charge on any atom is -0.443 e. The van der Waals surface area contributed by atoms with Crippen LogP contribution < -0.4 is 9.80 Å². The van der Waals surface area contributed by atoms with Crippen molar-refractivity contribution in [3.8, 4) is 0 Å². The molecular formula is C15H20N2O3. The summed E-state index contributed by atoms with van der Waals surface area (Å²) in [4.78, 5) is 27.4. The van der Waals surface area contributed by atoms with Crippen molar-refractivity contribution in [2.24, 2.45) is 0 Å². The lowest BCUT2D eigenvalue weighted by Crippen LogP contribution is -2.37. The third-order valence-electron chi connectivity index (χ3n) is 3.07. The lowest BCUT2D eigenvalue weighted by Gasteiger charge is -2.27. The molecule has 0 bridgehead atoms. The van der Waals surface area contributed by atoms with Crippen molar-refractivity contribution in [3.63, 3.8) is 0 Å². The Morgan fingerprint density at radius 1 is 1.20 bits per heavy atom. The number of para-hydroxylation sites is 2. The molecule has 0 aromatic heterocycles. The topological polar surface area (TPSA) is 49.9 Å². The summed E-state index contributed by atoms with van der Waals surface area (Å²) >= 11 is 0. The third-order valence-corrected chi connectivity index (χ3v) is 3.07. The average molecular weight is 276 g/mol. The third kappa shape index (κ3) is 2.92. The lowest BCUT2D eigenvalue weighted by molar-refractivity contribution is -0.118. The van der Waals surface area contributed by atoms with Gasteiger partial charge < -0.3 is 9.64 Å². The molecule has 0 spiro atoms. The van der Waals surface area contributed by atoms with Crippen molar-refractivity contribution < 1.29 is 14.3 Å². The zero-order chi connectivity index (χ0) is 14.9. The van der Waals surface area contributed by atoms with E-state index in [2.05, 4.69) is 0 Å². The van der Waals surface area contributed by atoms with E-state index in [9.17, 15) is 9.59 Å². The van der Waals surface area contributed by atoms with Crippen LogP contribution in [0.3, 0.4) is 0 Å². The minimum absolute atomic E-state index is 0.0106. The maximum atomic E-state index is 12.3. The van der Waals surface area contributed by atoms with Crippen molar-refractivity contribution >= 4 is 23.4 Å². The fourth-order valence-corrected chi connectivity index (χ4v) is 2.11. The number of ether oxygens (including phenoxy) is 1. The second-order valence-corrected chi connectivity index (χ2v) is 5.82. The van der Waals surface area contributed by atoms with Crippen LogP contribution in [0.2, 0.25) is 0 Å². The summed E-state index contributed by atoms with van der Waals surface area (Å²) in [7, 11) is 1.72. The Labute approximate surface area is 119 Å². The van der Waals surface area contributed by atoms with Crippen LogP contribution in [0.25, 0.3) is 0 Å². The zero-order valence-corrected chi connectivity index (χ0v) is 12.3. The maximum Gasteiger partial charge on any atom is 0.414 e. The smallest absolute Gasteiger partial charge is 0.414 e. The van der Waals surface area contributed by atoms with Crippen LogP contribution in [0.5, 0.6) is 0 Å². The highest BCUT2D eigenvalue weighted by Gasteiger charge is 2.30. The Kier molecular flexibility index (Phi) is 3.70. The molecule has 1 aliphatic heterocycles. The predicted octanol–water partition coefficient (Wildman–Crippen LogP) is 2.79. The summed E-state index contributed by atoms with van der Waals surface area (Å²) < 4.78 is 5.42. The van der Waals surface area contributed by atoms with Crippen molar-refractivity contribution in [1.82, 2.24) is 0 Å². The SMILES string of the molecule is CN1C(=O)CCN(C(=O)OC(C)(C)C)c2ccccc21. The first-order valence-electron chi connectivity index (χ1n) is 6.66. The van der Waals surface area contributed by atoms with Gasteiger partial charge in [-0.15, -0.1) is 0 Å². The Balaban J connectivity index is 2.37. The normalized spacial score (nSPS) is 15.7. The molecule has 0 saturated carbocycles. The monoisotopic (exact) mass is 276 g/mol. The number of rotatable bonds is 0. The Bertz CT molecular complexity index is 534. The van der Waals surface area contributed by atoms with E-state index in [4.69, 9.17) is 4.74 Å². The molecule has 20 heavy (non-hydrogen) atoms. The molecule has 1 aromatic carbocycles. The Morgan fingerprint density at radius 3 is 2.40 bits per heavy atom. The summed E-state index contributed by atoms with van der Waals surface area (Å²) in [5.41, 5.74) is 0.866. The molecule has 0 radical (unpaired) electrons. The zero-order valence-electron chi connectivity index (χ0n) is 12.3. The number of carbonyl (C=O) groups is 2. The van der Waals surface area contributed by atoms with E-state index in [0.29, 0.717) is 12.2 Å². The van der Waals surface area contributed by atoms with E-state index < -0.39 is 11.7 Å². The van der Waals surface area contributed by atoms with Crippen molar-refractivity contribution in [1.29, 1.82) is 0 Å². The highest BCUT2D eigenvalue weighted by atomic mass is 16.6. The predicted molar refractivity (Wildman–Crippen MR) is 78.0 cm³/mol. The molecule has 2 amide bonds. The van der Waals surface area contributed by atoms with Gasteiger partial charge >= 0.3 is 6.09 Å². The molecule has 108 valence electrons. The molecule has 0 atom stereocenters. The summed E-state index contributed by atoms with van der Waals surface area (Å²) in [6.07, 6.45) is -0.141. The van der Waals surface area contributed by atoms with Crippen LogP contribution in [0.1, 0.15) is 27.2 Å². The van der Waals surface area contributed by atoms with Gasteiger partial charge in [-0.3, -0.25) is 9.69 Å². The quantitative estimate of drug-likeness (QED) is 0.732. The molecule has 2 rings (SSSR count). The molecule has 5 nitrogen and oxygen atoms in total. The highest BCUT2D eigenvalue weighted by molar-refractivity contribution is 6.03. The molecule has 1 heterocycles. The summed E-state index contributed by atoms with van der Waals surface area (Å²) in [5.74, 6) is -0.0106. The van der Waals surface area contributed by atoms with E-state index in [-0.39, 0.29) is 12.3 Å². The Hall–Kier alpha value is -2.04. The molecular weight excluding hydrogens is 256 g/mol. The number of fused-ring (bicyclic) bond motifs is 1. The van der Waals surface area contributed by atoms with Gasteiger partial charge in [-0.25, -0.2) is 4.79 Å². The molecule has 5 heteroatoms. The summed E-state index contributed by atoms with van der Waals surface area (Å²) in [6, 6.07) is 7.35. The van der Waals surface area contributed by atoms with E-state index in [1.54, 1.807) is 11.9 Å². The van der Waals surface area contributed by atoms with Gasteiger partial charge in [0.2, 0.25) is 5.91 Å². The van der Waals surface area contributed by atoms with Crippen molar-refractivity contribution in [2.45, 2.75) is 32.8 Å². The highest BCUT2D eigenvalue weighted by Crippen LogP contribution is 2.32. The van der Waals surface area contributed by atoms with Crippen LogP contribution in [-0.2, 0) is 9.53 Å². The standard InChI is InChI=1S/C15H20N2O3/c1-15(2,3)20-14(19)17-10-9-13(18)16(4)11-7-5-6-8-12(11)17/h5-8H,9-10H2,1-4H3. The number of nitrogens with zero attached hydrogens (tertiary/aromatic N) is 2. The summed E-state index contributed by atoms with van der Waals surface area (Å²) in [6.45, 7) is 5.80. The van der Waals surface area contributed by atoms with E-state index >= 15 is 0 Å². The molecule has 0 fully saturated rings. The van der Waals surface area contributed by atoms with Gasteiger partial charge in [0.25, 0.3) is 0 Å². The first-order chi connectivity index (χ1) is 9.29. The molecule has 0 saturated heterocycles. The number of carbonyl (C=O) groups excluding carboxylic acids is 2. The van der Waals surface area contributed by atoms with Gasteiger partial charge in [-0.05, 0) is 32.9 Å². The van der Waals surface area contributed by atoms with Gasteiger partial charge in [0.05, 0.1) is 11.4 Å². The fourth-order valence-electron chi connectivity index (χ4n) is 2.11. The lowest BCUT2D eigenvalue weighted by atomic mass is 10.2. The van der Waals surface area contributed by atoms with Gasteiger partial charge in [-0.1, -0.05) is 12.1 Å². The number of amides is 2. The van der Waals surface area contributed by atoms with Crippen LogP contribution in [-0.4, -0.2) is 31.2 Å². The van der Waals surface area contributed by atoms with Gasteiger partial charge in [0, 0.05) is 20.0 Å². The number of hydrogen-bond donors (Lipinski definition) is 0. The number of hydrogen-bond acceptors (Lipinski definition) is 3. The van der Waals surface area contributed by atoms with E-state index in [1.807, 2.05) is 45.0 Å². The molecule has 0 unspecified atom stereocenters. The first kappa shape index (κ1) is 14.4. The van der Waals surface area contributed by atoms with E-state index in [1.165, 1.54) is 4.90 Å². The van der Waals surface area contributed by atoms with Crippen molar-refractivity contribution in [2.75, 3.05) is 23.4 Å². The minimum atomic E-state index is -0.561. The van der Waals surface area contributed by atoms with Crippen molar-refractivity contribution in [3.05, 3.63) is 24.3 Å².